The second-order valence-corrected chi connectivity index (χ2v) is 14.0. The van der Waals surface area contributed by atoms with E-state index in [0.29, 0.717) is 9.79 Å². The average molecular weight is 599 g/mol. The van der Waals surface area contributed by atoms with Crippen LogP contribution in [0.5, 0.6) is 0 Å². The fraction of sp³-hybridized carbons (Fsp3) is 0.250. The van der Waals surface area contributed by atoms with Gasteiger partial charge in [0.15, 0.2) is 30.0 Å². The monoisotopic (exact) mass is 598 g/mol. The molecule has 37 heavy (non-hydrogen) atoms. The van der Waals surface area contributed by atoms with E-state index in [1.54, 1.807) is 60.2 Å². The molecule has 2 aromatic heterocycles. The molecular formula is C24H30N4O4S5. The van der Waals surface area contributed by atoms with Crippen molar-refractivity contribution >= 4 is 56.7 Å². The van der Waals surface area contributed by atoms with E-state index in [0.717, 1.165) is 32.9 Å². The highest BCUT2D eigenvalue weighted by Crippen LogP contribution is 2.22. The van der Waals surface area contributed by atoms with Crippen LogP contribution in [0.3, 0.4) is 0 Å². The second-order valence-electron chi connectivity index (χ2n) is 8.05. The third kappa shape index (κ3) is 9.56. The molecular weight excluding hydrogens is 569 g/mol. The van der Waals surface area contributed by atoms with Crippen molar-refractivity contribution in [3.05, 3.63) is 84.4 Å². The number of rotatable bonds is 8. The zero-order valence-electron chi connectivity index (χ0n) is 20.9. The van der Waals surface area contributed by atoms with Crippen molar-refractivity contribution in [2.75, 3.05) is 12.5 Å². The maximum atomic E-state index is 11.3. The summed E-state index contributed by atoms with van der Waals surface area (Å²) in [6.45, 7) is 0. The lowest BCUT2D eigenvalue weighted by Crippen LogP contribution is -1.96. The molecule has 0 aliphatic carbocycles. The third-order valence-electron chi connectivity index (χ3n) is 4.99. The molecule has 13 heteroatoms. The molecule has 4 rings (SSSR count). The summed E-state index contributed by atoms with van der Waals surface area (Å²) in [5, 5.41) is 1.89. The lowest BCUT2D eigenvalue weighted by molar-refractivity contribution is 0.600. The molecule has 0 saturated carbocycles. The summed E-state index contributed by atoms with van der Waals surface area (Å²) in [6, 6.07) is 13.9. The van der Waals surface area contributed by atoms with E-state index in [-0.39, 0.29) is 13.5 Å². The summed E-state index contributed by atoms with van der Waals surface area (Å²) in [5.74, 6) is 1.55. The molecule has 2 aromatic carbocycles. The lowest BCUT2D eigenvalue weighted by atomic mass is 10.2. The number of hydrogen-bond donors (Lipinski definition) is 0. The Morgan fingerprint density at radius 3 is 1.22 bits per heavy atom. The van der Waals surface area contributed by atoms with E-state index in [1.165, 1.54) is 12.5 Å². The maximum Gasteiger partial charge on any atom is 0.175 e. The quantitative estimate of drug-likeness (QED) is 0.276. The van der Waals surface area contributed by atoms with Crippen LogP contribution in [0.1, 0.15) is 11.1 Å². The van der Waals surface area contributed by atoms with E-state index >= 15 is 0 Å². The van der Waals surface area contributed by atoms with Gasteiger partial charge in [0.25, 0.3) is 0 Å². The average Bonchev–Trinajstić information content (AvgIpc) is 3.43. The molecule has 0 radical (unpaired) electrons. The molecule has 0 amide bonds. The van der Waals surface area contributed by atoms with Crippen LogP contribution in [0.4, 0.5) is 0 Å². The van der Waals surface area contributed by atoms with Crippen molar-refractivity contribution in [2.24, 2.45) is 14.1 Å². The molecule has 0 atom stereocenters. The molecule has 0 bridgehead atoms. The van der Waals surface area contributed by atoms with Gasteiger partial charge in [-0.2, -0.15) is 13.5 Å². The van der Waals surface area contributed by atoms with Gasteiger partial charge in [-0.15, -0.1) is 0 Å². The van der Waals surface area contributed by atoms with Gasteiger partial charge in [-0.05, 0) is 35.4 Å². The highest BCUT2D eigenvalue weighted by molar-refractivity contribution is 7.98. The molecule has 0 N–H and O–H groups in total. The van der Waals surface area contributed by atoms with Gasteiger partial charge < -0.3 is 9.13 Å². The second kappa shape index (κ2) is 13.6. The number of thioether (sulfide) groups is 2. The summed E-state index contributed by atoms with van der Waals surface area (Å²) in [4.78, 5) is 9.15. The fourth-order valence-corrected chi connectivity index (χ4v) is 5.98. The topological polar surface area (TPSA) is 104 Å². The van der Waals surface area contributed by atoms with Crippen LogP contribution in [0.15, 0.2) is 93.4 Å². The fourth-order valence-electron chi connectivity index (χ4n) is 2.94. The lowest BCUT2D eigenvalue weighted by Gasteiger charge is -2.03. The largest absolute Gasteiger partial charge is 0.329 e. The Morgan fingerprint density at radius 1 is 0.649 bits per heavy atom. The minimum absolute atomic E-state index is 0. The van der Waals surface area contributed by atoms with Crippen LogP contribution < -0.4 is 0 Å². The van der Waals surface area contributed by atoms with Crippen molar-refractivity contribution in [1.29, 1.82) is 0 Å². The van der Waals surface area contributed by atoms with Crippen LogP contribution in [0, 0.1) is 0 Å². The number of imidazole rings is 2. The van der Waals surface area contributed by atoms with Gasteiger partial charge in [-0.25, -0.2) is 26.8 Å². The van der Waals surface area contributed by atoms with Crippen molar-refractivity contribution in [3.8, 4) is 0 Å². The zero-order valence-corrected chi connectivity index (χ0v) is 25.2. The first-order valence-corrected chi connectivity index (χ1v) is 16.5. The number of aryl methyl sites for hydroxylation is 2. The Hall–Kier alpha value is -2.19. The minimum Gasteiger partial charge on any atom is -0.329 e. The van der Waals surface area contributed by atoms with Crippen molar-refractivity contribution in [1.82, 2.24) is 19.1 Å². The number of sulfone groups is 2. The van der Waals surface area contributed by atoms with Crippen molar-refractivity contribution < 1.29 is 16.8 Å². The first-order valence-electron chi connectivity index (χ1n) is 10.7. The summed E-state index contributed by atoms with van der Waals surface area (Å²) in [5.41, 5.74) is 2.16. The van der Waals surface area contributed by atoms with Gasteiger partial charge in [0.1, 0.15) is 0 Å². The molecule has 2 heterocycles. The number of nitrogens with zero attached hydrogens (tertiary/aromatic N) is 4. The van der Waals surface area contributed by atoms with Gasteiger partial charge >= 0.3 is 0 Å². The van der Waals surface area contributed by atoms with E-state index in [9.17, 15) is 16.8 Å². The Morgan fingerprint density at radius 2 is 0.973 bits per heavy atom. The molecule has 0 fully saturated rings. The molecule has 200 valence electrons. The van der Waals surface area contributed by atoms with Crippen molar-refractivity contribution in [2.45, 2.75) is 31.6 Å². The molecule has 0 saturated heterocycles. The number of benzene rings is 2. The van der Waals surface area contributed by atoms with Crippen molar-refractivity contribution in [3.63, 3.8) is 0 Å². The summed E-state index contributed by atoms with van der Waals surface area (Å²) < 4.78 is 49.2. The van der Waals surface area contributed by atoms with Crippen LogP contribution >= 0.6 is 37.0 Å². The van der Waals surface area contributed by atoms with E-state index in [2.05, 4.69) is 9.97 Å². The Kier molecular flexibility index (Phi) is 11.4. The van der Waals surface area contributed by atoms with E-state index in [4.69, 9.17) is 0 Å². The molecule has 8 nitrogen and oxygen atoms in total. The summed E-state index contributed by atoms with van der Waals surface area (Å²) in [6.07, 6.45) is 9.74. The van der Waals surface area contributed by atoms with Crippen LogP contribution in [0.25, 0.3) is 0 Å². The zero-order chi connectivity index (χ0) is 26.3. The summed E-state index contributed by atoms with van der Waals surface area (Å²) >= 11 is 3.25. The van der Waals surface area contributed by atoms with Crippen LogP contribution in [-0.2, 0) is 45.3 Å². The predicted octanol–water partition coefficient (Wildman–Crippen LogP) is 4.34. The summed E-state index contributed by atoms with van der Waals surface area (Å²) in [7, 11) is -2.32. The number of hydrogen-bond acceptors (Lipinski definition) is 8. The normalized spacial score (nSPS) is 11.4. The Balaban J connectivity index is 0.000000253. The third-order valence-corrected chi connectivity index (χ3v) is 9.51. The molecule has 4 aromatic rings. The SMILES string of the molecule is Cn1ccnc1SCc1ccc(S(C)(=O)=O)cc1.Cn1ccnc1SCc1ccc(S(C)(=O)=O)cc1.S. The Bertz CT molecular complexity index is 1380. The van der Waals surface area contributed by atoms with Gasteiger partial charge in [0.05, 0.1) is 9.79 Å². The first-order chi connectivity index (χ1) is 16.9. The smallest absolute Gasteiger partial charge is 0.175 e. The number of aromatic nitrogens is 4. The molecule has 0 unspecified atom stereocenters. The standard InChI is InChI=1S/2C12H14N2O2S2.H2S/c2*1-14-8-7-13-12(14)17-9-10-3-5-11(6-4-10)18(2,15)16;/h2*3-8H,9H2,1-2H3;1H2. The predicted molar refractivity (Wildman–Crippen MR) is 155 cm³/mol. The highest BCUT2D eigenvalue weighted by atomic mass is 32.2. The van der Waals surface area contributed by atoms with Gasteiger partial charge in [-0.3, -0.25) is 0 Å². The molecule has 0 spiro atoms. The first kappa shape index (κ1) is 31.0. The van der Waals surface area contributed by atoms with Gasteiger partial charge in [0, 0.05) is 62.9 Å². The van der Waals surface area contributed by atoms with E-state index < -0.39 is 19.7 Å². The molecule has 0 aliphatic heterocycles. The maximum absolute atomic E-state index is 11.3. The van der Waals surface area contributed by atoms with Gasteiger partial charge in [0.2, 0.25) is 0 Å². The van der Waals surface area contributed by atoms with Crippen LogP contribution in [0.2, 0.25) is 0 Å². The van der Waals surface area contributed by atoms with Crippen LogP contribution in [-0.4, -0.2) is 48.4 Å². The van der Waals surface area contributed by atoms with Gasteiger partial charge in [-0.1, -0.05) is 47.8 Å². The minimum atomic E-state index is -3.11. The molecule has 0 aliphatic rings. The highest BCUT2D eigenvalue weighted by Gasteiger charge is 2.08. The van der Waals surface area contributed by atoms with E-state index in [1.807, 2.05) is 59.9 Å². The Labute approximate surface area is 234 Å².